The van der Waals surface area contributed by atoms with Gasteiger partial charge in [-0.15, -0.1) is 0 Å². The van der Waals surface area contributed by atoms with Crippen molar-refractivity contribution < 1.29 is 18.3 Å². The Morgan fingerprint density at radius 2 is 2.19 bits per heavy atom. The van der Waals surface area contributed by atoms with Crippen LogP contribution >= 0.6 is 0 Å². The van der Waals surface area contributed by atoms with Crippen LogP contribution in [0.1, 0.15) is 12.5 Å². The molecule has 0 saturated carbocycles. The molecule has 0 bridgehead atoms. The second-order valence-corrected chi connectivity index (χ2v) is 3.13. The van der Waals surface area contributed by atoms with Crippen molar-refractivity contribution in [1.82, 2.24) is 4.57 Å². The number of aryl methyl sites for hydroxylation is 1. The van der Waals surface area contributed by atoms with E-state index in [9.17, 15) is 18.4 Å². The van der Waals surface area contributed by atoms with Crippen molar-refractivity contribution in [3.63, 3.8) is 0 Å². The van der Waals surface area contributed by atoms with E-state index in [1.807, 2.05) is 0 Å². The number of carbonyl (C=O) groups is 1. The highest BCUT2D eigenvalue weighted by Gasteiger charge is 2.45. The summed E-state index contributed by atoms with van der Waals surface area (Å²) in [6.07, 6.45) is 1.33. The van der Waals surface area contributed by atoms with Gasteiger partial charge in [-0.05, 0) is 19.1 Å². The van der Waals surface area contributed by atoms with Crippen LogP contribution in [0.15, 0.2) is 23.1 Å². The monoisotopic (exact) mass is 231 g/mol. The van der Waals surface area contributed by atoms with Gasteiger partial charge in [-0.3, -0.25) is 4.79 Å². The van der Waals surface area contributed by atoms with E-state index in [4.69, 9.17) is 0 Å². The Kier molecular flexibility index (Phi) is 3.41. The van der Waals surface area contributed by atoms with Crippen LogP contribution < -0.4 is 5.56 Å². The summed E-state index contributed by atoms with van der Waals surface area (Å²) in [5, 5.41) is 0. The largest absolute Gasteiger partial charge is 0.461 e. The van der Waals surface area contributed by atoms with Gasteiger partial charge in [0, 0.05) is 13.2 Å². The number of aromatic nitrogens is 1. The molecule has 1 heterocycles. The Labute approximate surface area is 90.5 Å². The lowest BCUT2D eigenvalue weighted by Crippen LogP contribution is -2.35. The number of carbonyl (C=O) groups excluding carboxylic acids is 1. The average molecular weight is 231 g/mol. The van der Waals surface area contributed by atoms with Gasteiger partial charge in [-0.25, -0.2) is 4.79 Å². The summed E-state index contributed by atoms with van der Waals surface area (Å²) in [6.45, 7) is 1.25. The average Bonchev–Trinajstić information content (AvgIpc) is 2.22. The molecule has 16 heavy (non-hydrogen) atoms. The van der Waals surface area contributed by atoms with Gasteiger partial charge < -0.3 is 9.30 Å². The van der Waals surface area contributed by atoms with Crippen molar-refractivity contribution in [2.45, 2.75) is 12.8 Å². The van der Waals surface area contributed by atoms with Crippen molar-refractivity contribution in [2.75, 3.05) is 6.61 Å². The van der Waals surface area contributed by atoms with Gasteiger partial charge in [0.25, 0.3) is 5.56 Å². The molecule has 6 heteroatoms. The van der Waals surface area contributed by atoms with Gasteiger partial charge >= 0.3 is 11.9 Å². The molecule has 0 aromatic carbocycles. The van der Waals surface area contributed by atoms with Gasteiger partial charge in [-0.2, -0.15) is 8.78 Å². The second-order valence-electron chi connectivity index (χ2n) is 3.13. The maximum atomic E-state index is 13.5. The summed E-state index contributed by atoms with van der Waals surface area (Å²) >= 11 is 0. The highest BCUT2D eigenvalue weighted by atomic mass is 19.3. The highest BCUT2D eigenvalue weighted by molar-refractivity contribution is 5.79. The first-order valence-electron chi connectivity index (χ1n) is 4.62. The zero-order chi connectivity index (χ0) is 12.3. The van der Waals surface area contributed by atoms with E-state index in [0.717, 1.165) is 10.6 Å². The Morgan fingerprint density at radius 1 is 1.56 bits per heavy atom. The Morgan fingerprint density at radius 3 is 2.75 bits per heavy atom. The molecule has 0 unspecified atom stereocenters. The fraction of sp³-hybridized carbons (Fsp3) is 0.400. The number of nitrogens with zero attached hydrogens (tertiary/aromatic N) is 1. The van der Waals surface area contributed by atoms with Gasteiger partial charge in [0.2, 0.25) is 0 Å². The van der Waals surface area contributed by atoms with Crippen molar-refractivity contribution >= 4 is 5.97 Å². The molecule has 0 aliphatic heterocycles. The molecular weight excluding hydrogens is 220 g/mol. The molecule has 0 aliphatic rings. The number of hydrogen-bond donors (Lipinski definition) is 0. The first-order chi connectivity index (χ1) is 7.41. The zero-order valence-corrected chi connectivity index (χ0v) is 8.87. The third-order valence-corrected chi connectivity index (χ3v) is 1.99. The lowest BCUT2D eigenvalue weighted by Gasteiger charge is -2.14. The van der Waals surface area contributed by atoms with Crippen LogP contribution in [0, 0.1) is 0 Å². The molecule has 0 saturated heterocycles. The number of ether oxygens (including phenoxy) is 1. The molecular formula is C10H11F2NO3. The van der Waals surface area contributed by atoms with Gasteiger partial charge in [-0.1, -0.05) is 0 Å². The third-order valence-electron chi connectivity index (χ3n) is 1.99. The summed E-state index contributed by atoms with van der Waals surface area (Å²) in [7, 11) is 1.33. The summed E-state index contributed by atoms with van der Waals surface area (Å²) in [5.41, 5.74) is -1.79. The minimum atomic E-state index is -3.91. The van der Waals surface area contributed by atoms with Crippen LogP contribution in [-0.4, -0.2) is 17.1 Å². The predicted molar refractivity (Wildman–Crippen MR) is 52.2 cm³/mol. The molecule has 88 valence electrons. The zero-order valence-electron chi connectivity index (χ0n) is 8.87. The van der Waals surface area contributed by atoms with Crippen LogP contribution in [0.2, 0.25) is 0 Å². The van der Waals surface area contributed by atoms with Crippen molar-refractivity contribution in [3.8, 4) is 0 Å². The maximum Gasteiger partial charge on any atom is 0.382 e. The van der Waals surface area contributed by atoms with Gasteiger partial charge in [0.1, 0.15) is 0 Å². The smallest absolute Gasteiger partial charge is 0.382 e. The standard InChI is InChI=1S/C10H11F2NO3/c1-3-16-9(15)10(11,12)7-5-4-6-13(2)8(7)14/h4-6H,3H2,1-2H3. The van der Waals surface area contributed by atoms with E-state index in [1.165, 1.54) is 26.2 Å². The number of rotatable bonds is 3. The quantitative estimate of drug-likeness (QED) is 0.730. The molecule has 1 rings (SSSR count). The van der Waals surface area contributed by atoms with E-state index in [2.05, 4.69) is 4.74 Å². The van der Waals surface area contributed by atoms with Crippen LogP contribution in [0.4, 0.5) is 8.78 Å². The van der Waals surface area contributed by atoms with E-state index < -0.39 is 23.0 Å². The van der Waals surface area contributed by atoms with E-state index in [-0.39, 0.29) is 6.61 Å². The molecule has 0 radical (unpaired) electrons. The number of hydrogen-bond acceptors (Lipinski definition) is 3. The van der Waals surface area contributed by atoms with E-state index >= 15 is 0 Å². The first kappa shape index (κ1) is 12.4. The molecule has 0 aliphatic carbocycles. The van der Waals surface area contributed by atoms with Crippen molar-refractivity contribution in [2.24, 2.45) is 7.05 Å². The molecule has 0 amide bonds. The number of alkyl halides is 2. The third kappa shape index (κ3) is 2.10. The molecule has 0 N–H and O–H groups in total. The molecule has 0 spiro atoms. The molecule has 1 aromatic rings. The number of pyridine rings is 1. The van der Waals surface area contributed by atoms with Gasteiger partial charge in [0.05, 0.1) is 12.2 Å². The predicted octanol–water partition coefficient (Wildman–Crippen LogP) is 1.04. The summed E-state index contributed by atoms with van der Waals surface area (Å²) in [6, 6.07) is 2.18. The van der Waals surface area contributed by atoms with Crippen LogP contribution in [-0.2, 0) is 22.5 Å². The lowest BCUT2D eigenvalue weighted by atomic mass is 10.1. The summed E-state index contributed by atoms with van der Waals surface area (Å²) in [5.74, 6) is -5.62. The fourth-order valence-corrected chi connectivity index (χ4v) is 1.17. The number of esters is 1. The fourth-order valence-electron chi connectivity index (χ4n) is 1.17. The minimum Gasteiger partial charge on any atom is -0.461 e. The Bertz CT molecular complexity index is 454. The number of halogens is 2. The van der Waals surface area contributed by atoms with Crippen LogP contribution in [0.5, 0.6) is 0 Å². The van der Waals surface area contributed by atoms with Crippen LogP contribution in [0.3, 0.4) is 0 Å². The second kappa shape index (κ2) is 4.42. The van der Waals surface area contributed by atoms with E-state index in [0.29, 0.717) is 0 Å². The minimum absolute atomic E-state index is 0.165. The topological polar surface area (TPSA) is 48.3 Å². The molecule has 1 aromatic heterocycles. The molecule has 0 fully saturated rings. The summed E-state index contributed by atoms with van der Waals surface area (Å²) < 4.78 is 32.2. The summed E-state index contributed by atoms with van der Waals surface area (Å²) in [4.78, 5) is 22.4. The molecule has 4 nitrogen and oxygen atoms in total. The first-order valence-corrected chi connectivity index (χ1v) is 4.62. The van der Waals surface area contributed by atoms with Crippen LogP contribution in [0.25, 0.3) is 0 Å². The van der Waals surface area contributed by atoms with E-state index in [1.54, 1.807) is 0 Å². The normalized spacial score (nSPS) is 11.2. The SMILES string of the molecule is CCOC(=O)C(F)(F)c1cccn(C)c1=O. The van der Waals surface area contributed by atoms with Crippen molar-refractivity contribution in [1.29, 1.82) is 0 Å². The lowest BCUT2D eigenvalue weighted by molar-refractivity contribution is -0.173. The molecule has 0 atom stereocenters. The van der Waals surface area contributed by atoms with Crippen molar-refractivity contribution in [3.05, 3.63) is 34.2 Å². The Balaban J connectivity index is 3.22. The van der Waals surface area contributed by atoms with Gasteiger partial charge in [0.15, 0.2) is 0 Å². The maximum absolute atomic E-state index is 13.5. The highest BCUT2D eigenvalue weighted by Crippen LogP contribution is 2.26. The Hall–Kier alpha value is -1.72.